The lowest BCUT2D eigenvalue weighted by molar-refractivity contribution is 0.590. The quantitative estimate of drug-likeness (QED) is 0.175. The standard InChI is InChI=1S/C56H42N2O2/c1-55(2,3)33-17-25-46-42(29-33)43-30-34(56(4,5)6)18-26-47(43)57(46)35-19-15-31(16-20-35)32-27-44-38-21-23-40-36-11-7-9-13-48(36)59-53(40)51(38)58-50(44)45(28-32)39-22-24-41-37-12-8-10-14-49(37)60-54(41)52(39)58/h7-30H,1-6H3. The Morgan fingerprint density at radius 1 is 0.367 bits per heavy atom. The number of para-hydroxylation sites is 2. The highest BCUT2D eigenvalue weighted by Crippen LogP contribution is 2.48. The summed E-state index contributed by atoms with van der Waals surface area (Å²) < 4.78 is 18.4. The molecule has 0 aliphatic carbocycles. The van der Waals surface area contributed by atoms with Crippen molar-refractivity contribution in [1.82, 2.24) is 8.97 Å². The van der Waals surface area contributed by atoms with Gasteiger partial charge >= 0.3 is 0 Å². The fourth-order valence-electron chi connectivity index (χ4n) is 10.3. The van der Waals surface area contributed by atoms with Crippen molar-refractivity contribution in [2.24, 2.45) is 0 Å². The fraction of sp³-hybridized carbons (Fsp3) is 0.143. The first kappa shape index (κ1) is 33.9. The van der Waals surface area contributed by atoms with Crippen molar-refractivity contribution in [3.8, 4) is 16.8 Å². The highest BCUT2D eigenvalue weighted by Gasteiger charge is 2.26. The van der Waals surface area contributed by atoms with E-state index >= 15 is 0 Å². The van der Waals surface area contributed by atoms with E-state index in [2.05, 4.69) is 184 Å². The molecule has 0 aliphatic rings. The Hall–Kier alpha value is -7.04. The van der Waals surface area contributed by atoms with E-state index in [1.807, 2.05) is 12.1 Å². The van der Waals surface area contributed by atoms with E-state index in [-0.39, 0.29) is 10.8 Å². The molecule has 0 aliphatic heterocycles. The lowest BCUT2D eigenvalue weighted by Gasteiger charge is -2.19. The summed E-state index contributed by atoms with van der Waals surface area (Å²) in [6.45, 7) is 13.8. The van der Waals surface area contributed by atoms with Gasteiger partial charge in [0.1, 0.15) is 11.2 Å². The average molecular weight is 775 g/mol. The summed E-state index contributed by atoms with van der Waals surface area (Å²) in [5.74, 6) is 0. The molecule has 60 heavy (non-hydrogen) atoms. The Bertz CT molecular complexity index is 3720. The first-order chi connectivity index (χ1) is 29.0. The second kappa shape index (κ2) is 11.4. The van der Waals surface area contributed by atoms with E-state index in [0.717, 1.165) is 60.6 Å². The molecule has 13 rings (SSSR count). The number of aromatic nitrogens is 2. The zero-order valence-corrected chi connectivity index (χ0v) is 34.6. The summed E-state index contributed by atoms with van der Waals surface area (Å²) in [4.78, 5) is 0. The second-order valence-corrected chi connectivity index (χ2v) is 19.0. The van der Waals surface area contributed by atoms with Crippen molar-refractivity contribution in [3.05, 3.63) is 157 Å². The molecule has 8 aromatic carbocycles. The van der Waals surface area contributed by atoms with Gasteiger partial charge in [-0.25, -0.2) is 0 Å². The Morgan fingerprint density at radius 2 is 0.833 bits per heavy atom. The summed E-state index contributed by atoms with van der Waals surface area (Å²) >= 11 is 0. The van der Waals surface area contributed by atoms with Crippen LogP contribution in [0, 0.1) is 0 Å². The van der Waals surface area contributed by atoms with Gasteiger partial charge in [0.2, 0.25) is 0 Å². The number of benzene rings is 8. The Morgan fingerprint density at radius 3 is 1.32 bits per heavy atom. The van der Waals surface area contributed by atoms with Crippen molar-refractivity contribution in [1.29, 1.82) is 0 Å². The molecule has 4 nitrogen and oxygen atoms in total. The van der Waals surface area contributed by atoms with Gasteiger partial charge in [-0.05, 0) is 106 Å². The van der Waals surface area contributed by atoms with E-state index < -0.39 is 0 Å². The SMILES string of the molecule is CC(C)(C)c1ccc2c(c1)c1cc(C(C)(C)C)ccc1n2-c1ccc(-c2cc3c4ccc5c6ccccc6oc5c4n4c3c(c2)c2ccc3c5ccccc5oc3c24)cc1. The monoisotopic (exact) mass is 774 g/mol. The van der Waals surface area contributed by atoms with Crippen LogP contribution in [-0.4, -0.2) is 8.97 Å². The number of fused-ring (bicyclic) bond motifs is 17. The van der Waals surface area contributed by atoms with Gasteiger partial charge in [-0.1, -0.05) is 114 Å². The Labute approximate surface area is 346 Å². The molecule has 0 unspecified atom stereocenters. The van der Waals surface area contributed by atoms with E-state index in [0.29, 0.717) is 0 Å². The minimum absolute atomic E-state index is 0.0518. The van der Waals surface area contributed by atoms with Crippen molar-refractivity contribution < 1.29 is 8.83 Å². The molecular weight excluding hydrogens is 733 g/mol. The van der Waals surface area contributed by atoms with Crippen LogP contribution in [0.15, 0.2) is 154 Å². The van der Waals surface area contributed by atoms with Gasteiger partial charge in [-0.3, -0.25) is 0 Å². The molecule has 13 aromatic rings. The summed E-state index contributed by atoms with van der Waals surface area (Å²) in [6.07, 6.45) is 0. The Balaban J connectivity index is 1.06. The summed E-state index contributed by atoms with van der Waals surface area (Å²) in [5, 5.41) is 11.8. The molecule has 0 fully saturated rings. The van der Waals surface area contributed by atoms with Crippen LogP contribution >= 0.6 is 0 Å². The molecule has 0 atom stereocenters. The molecular formula is C56H42N2O2. The number of furan rings is 2. The predicted molar refractivity (Wildman–Crippen MR) is 253 cm³/mol. The minimum Gasteiger partial charge on any atom is -0.454 e. The highest BCUT2D eigenvalue weighted by atomic mass is 16.3. The third kappa shape index (κ3) is 4.46. The van der Waals surface area contributed by atoms with Crippen LogP contribution in [0.4, 0.5) is 0 Å². The van der Waals surface area contributed by atoms with Crippen LogP contribution in [0.5, 0.6) is 0 Å². The third-order valence-corrected chi connectivity index (χ3v) is 13.4. The van der Waals surface area contributed by atoms with Crippen molar-refractivity contribution in [2.45, 2.75) is 52.4 Å². The summed E-state index contributed by atoms with van der Waals surface area (Å²) in [5.41, 5.74) is 15.7. The zero-order valence-electron chi connectivity index (χ0n) is 34.6. The maximum atomic E-state index is 6.76. The van der Waals surface area contributed by atoms with E-state index in [1.54, 1.807) is 0 Å². The first-order valence-electron chi connectivity index (χ1n) is 21.1. The van der Waals surface area contributed by atoms with Gasteiger partial charge in [0.05, 0.1) is 27.6 Å². The minimum atomic E-state index is 0.0518. The molecule has 0 bridgehead atoms. The first-order valence-corrected chi connectivity index (χ1v) is 21.1. The van der Waals surface area contributed by atoms with E-state index in [9.17, 15) is 0 Å². The summed E-state index contributed by atoms with van der Waals surface area (Å²) in [7, 11) is 0. The predicted octanol–water partition coefficient (Wildman–Crippen LogP) is 16.0. The zero-order chi connectivity index (χ0) is 40.4. The Kier molecular flexibility index (Phi) is 6.42. The van der Waals surface area contributed by atoms with Crippen LogP contribution in [0.1, 0.15) is 52.7 Å². The fourth-order valence-corrected chi connectivity index (χ4v) is 10.3. The molecule has 0 spiro atoms. The highest BCUT2D eigenvalue weighted by molar-refractivity contribution is 6.32. The topological polar surface area (TPSA) is 35.6 Å². The van der Waals surface area contributed by atoms with Gasteiger partial charge in [0.25, 0.3) is 0 Å². The number of hydrogen-bond donors (Lipinski definition) is 0. The van der Waals surface area contributed by atoms with Crippen molar-refractivity contribution in [3.63, 3.8) is 0 Å². The second-order valence-electron chi connectivity index (χ2n) is 19.0. The molecule has 5 aromatic heterocycles. The van der Waals surface area contributed by atoms with Gasteiger partial charge in [0.15, 0.2) is 11.2 Å². The van der Waals surface area contributed by atoms with Crippen LogP contribution in [-0.2, 0) is 10.8 Å². The molecule has 0 saturated carbocycles. The number of hydrogen-bond acceptors (Lipinski definition) is 2. The van der Waals surface area contributed by atoms with Crippen molar-refractivity contribution >= 4 is 104 Å². The largest absolute Gasteiger partial charge is 0.454 e. The number of rotatable bonds is 2. The molecule has 288 valence electrons. The third-order valence-electron chi connectivity index (χ3n) is 13.4. The van der Waals surface area contributed by atoms with Gasteiger partial charge in [-0.2, -0.15) is 0 Å². The van der Waals surface area contributed by atoms with Crippen LogP contribution in [0.3, 0.4) is 0 Å². The lowest BCUT2D eigenvalue weighted by Crippen LogP contribution is -2.10. The van der Waals surface area contributed by atoms with Gasteiger partial charge in [0, 0.05) is 59.5 Å². The maximum Gasteiger partial charge on any atom is 0.160 e. The normalized spacial score (nSPS) is 13.2. The summed E-state index contributed by atoms with van der Waals surface area (Å²) in [6, 6.07) is 53.8. The molecule has 5 heterocycles. The van der Waals surface area contributed by atoms with Gasteiger partial charge in [-0.15, -0.1) is 0 Å². The van der Waals surface area contributed by atoms with E-state index in [4.69, 9.17) is 8.83 Å². The molecule has 4 heteroatoms. The average Bonchev–Trinajstić information content (AvgIpc) is 4.05. The molecule has 0 saturated heterocycles. The van der Waals surface area contributed by atoms with Crippen LogP contribution < -0.4 is 0 Å². The molecule has 0 amide bonds. The number of nitrogens with zero attached hydrogens (tertiary/aromatic N) is 2. The van der Waals surface area contributed by atoms with Gasteiger partial charge < -0.3 is 17.8 Å². The smallest absolute Gasteiger partial charge is 0.160 e. The molecule has 0 radical (unpaired) electrons. The van der Waals surface area contributed by atoms with E-state index in [1.165, 1.54) is 71.1 Å². The lowest BCUT2D eigenvalue weighted by atomic mass is 9.85. The van der Waals surface area contributed by atoms with Crippen molar-refractivity contribution in [2.75, 3.05) is 0 Å². The maximum absolute atomic E-state index is 6.76. The van der Waals surface area contributed by atoms with Crippen LogP contribution in [0.25, 0.3) is 121 Å². The van der Waals surface area contributed by atoms with Crippen LogP contribution in [0.2, 0.25) is 0 Å². The molecule has 0 N–H and O–H groups in total.